The summed E-state index contributed by atoms with van der Waals surface area (Å²) in [5.41, 5.74) is 5.02. The number of hydrogen-bond acceptors (Lipinski definition) is 16. The molecule has 0 saturated heterocycles. The Morgan fingerprint density at radius 1 is 0.638 bits per heavy atom. The fourth-order valence-electron chi connectivity index (χ4n) is 4.43. The van der Waals surface area contributed by atoms with E-state index in [1.165, 1.54) is 33.1 Å². The van der Waals surface area contributed by atoms with Gasteiger partial charge in [-0.05, 0) is 20.1 Å². The van der Waals surface area contributed by atoms with Gasteiger partial charge in [-0.2, -0.15) is 15.0 Å². The highest BCUT2D eigenvalue weighted by Gasteiger charge is 2.23. The lowest BCUT2D eigenvalue weighted by Gasteiger charge is -2.14. The Kier molecular flexibility index (Phi) is 9.03. The van der Waals surface area contributed by atoms with Crippen LogP contribution in [0.4, 0.5) is 0 Å². The van der Waals surface area contributed by atoms with E-state index in [9.17, 15) is 0 Å². The zero-order valence-corrected chi connectivity index (χ0v) is 27.5. The van der Waals surface area contributed by atoms with Gasteiger partial charge in [0.25, 0.3) is 0 Å². The minimum absolute atomic E-state index is 0.0852. The zero-order valence-electron chi connectivity index (χ0n) is 25.9. The maximum Gasteiger partial charge on any atom is 0.320 e. The molecule has 0 saturated carbocycles. The lowest BCUT2D eigenvalue weighted by Crippen LogP contribution is -2.06. The van der Waals surface area contributed by atoms with Crippen LogP contribution in [0.5, 0.6) is 17.8 Å². The molecule has 0 aromatic carbocycles. The number of thioether (sulfide) groups is 1. The number of methoxy groups -OCH3 is 3. The van der Waals surface area contributed by atoms with Crippen molar-refractivity contribution in [2.24, 2.45) is 0 Å². The highest BCUT2D eigenvalue weighted by molar-refractivity contribution is 7.98. The van der Waals surface area contributed by atoms with Gasteiger partial charge in [-0.3, -0.25) is 15.0 Å². The second-order valence-electron chi connectivity index (χ2n) is 9.65. The molecule has 0 radical (unpaired) electrons. The summed E-state index contributed by atoms with van der Waals surface area (Å²) in [6.45, 7) is 3.68. The quantitative estimate of drug-likeness (QED) is 0.116. The van der Waals surface area contributed by atoms with Gasteiger partial charge in [0, 0.05) is 24.5 Å². The van der Waals surface area contributed by atoms with Crippen LogP contribution in [0.2, 0.25) is 5.15 Å². The van der Waals surface area contributed by atoms with Crippen molar-refractivity contribution in [2.45, 2.75) is 19.0 Å². The van der Waals surface area contributed by atoms with E-state index in [1.54, 1.807) is 43.1 Å². The molecule has 47 heavy (non-hydrogen) atoms. The molecule has 0 atom stereocenters. The Morgan fingerprint density at radius 2 is 1.47 bits per heavy atom. The van der Waals surface area contributed by atoms with Gasteiger partial charge in [0.2, 0.25) is 11.8 Å². The Bertz CT molecular complexity index is 2080. The molecule has 6 aromatic heterocycles. The highest BCUT2D eigenvalue weighted by Crippen LogP contribution is 2.36. The van der Waals surface area contributed by atoms with Gasteiger partial charge in [-0.1, -0.05) is 23.4 Å². The maximum atomic E-state index is 6.30. The maximum absolute atomic E-state index is 6.30. The van der Waals surface area contributed by atoms with Crippen molar-refractivity contribution in [3.63, 3.8) is 0 Å². The van der Waals surface area contributed by atoms with E-state index in [1.807, 2.05) is 20.1 Å². The summed E-state index contributed by atoms with van der Waals surface area (Å²) in [6.07, 6.45) is 9.91. The average Bonchev–Trinajstić information content (AvgIpc) is 3.10. The molecule has 0 aliphatic carbocycles. The van der Waals surface area contributed by atoms with E-state index < -0.39 is 0 Å². The summed E-state index contributed by atoms with van der Waals surface area (Å²) >= 11 is 7.67. The lowest BCUT2D eigenvalue weighted by molar-refractivity contribution is 0.352. The number of nitrogens with zero attached hydrogens (tertiary/aromatic N) is 12. The first kappa shape index (κ1) is 31.5. The van der Waals surface area contributed by atoms with Crippen LogP contribution in [0.25, 0.3) is 56.9 Å². The van der Waals surface area contributed by atoms with Crippen LogP contribution in [0.1, 0.15) is 11.4 Å². The van der Waals surface area contributed by atoms with Crippen molar-refractivity contribution in [1.29, 1.82) is 0 Å². The molecule has 0 aliphatic rings. The fourth-order valence-corrected chi connectivity index (χ4v) is 5.05. The second kappa shape index (κ2) is 13.5. The monoisotopic (exact) mass is 668 g/mol. The average molecular weight is 669 g/mol. The van der Waals surface area contributed by atoms with Gasteiger partial charge >= 0.3 is 6.01 Å². The molecule has 0 spiro atoms. The third-order valence-electron chi connectivity index (χ3n) is 6.62. The standard InChI is InChI=1S/C30H25ClN12O3S/c1-14-9-34-19(13-33-14)20-11-32-12-21(37-20)25-16(10-35-27(42-25)18-8-23(44-3)41-29(38-18)46-5)26-36-15(2)24(28(43-26)45-4)17-7-22(31)40-30(39-17)47-6/h7-13H,1-6H3. The van der Waals surface area contributed by atoms with Gasteiger partial charge in [0.1, 0.15) is 33.6 Å². The smallest absolute Gasteiger partial charge is 0.320 e. The van der Waals surface area contributed by atoms with E-state index in [2.05, 4.69) is 39.9 Å². The second-order valence-corrected chi connectivity index (χ2v) is 10.8. The molecular formula is C30H25ClN12O3S. The lowest BCUT2D eigenvalue weighted by atomic mass is 10.1. The third kappa shape index (κ3) is 6.59. The van der Waals surface area contributed by atoms with E-state index in [4.69, 9.17) is 45.7 Å². The Hall–Kier alpha value is -5.48. The molecule has 0 fully saturated rings. The molecule has 0 aliphatic heterocycles. The Balaban J connectivity index is 1.55. The van der Waals surface area contributed by atoms with Gasteiger partial charge < -0.3 is 14.2 Å². The van der Waals surface area contributed by atoms with Crippen molar-refractivity contribution < 1.29 is 14.2 Å². The number of hydrogen-bond donors (Lipinski definition) is 0. The van der Waals surface area contributed by atoms with E-state index in [0.29, 0.717) is 56.1 Å². The Labute approximate surface area is 277 Å². The molecular weight excluding hydrogens is 644 g/mol. The third-order valence-corrected chi connectivity index (χ3v) is 7.36. The molecule has 17 heteroatoms. The first-order chi connectivity index (χ1) is 22.8. The number of aryl methyl sites for hydroxylation is 2. The largest absolute Gasteiger partial charge is 0.481 e. The molecule has 236 valence electrons. The van der Waals surface area contributed by atoms with Crippen molar-refractivity contribution in [3.8, 4) is 74.7 Å². The first-order valence-corrected chi connectivity index (χ1v) is 15.4. The predicted molar refractivity (Wildman–Crippen MR) is 173 cm³/mol. The van der Waals surface area contributed by atoms with Gasteiger partial charge in [0.15, 0.2) is 16.8 Å². The van der Waals surface area contributed by atoms with Crippen molar-refractivity contribution in [1.82, 2.24) is 59.8 Å². The van der Waals surface area contributed by atoms with Gasteiger partial charge in [0.05, 0.1) is 68.1 Å². The van der Waals surface area contributed by atoms with Gasteiger partial charge in [-0.15, -0.1) is 0 Å². The molecule has 6 heterocycles. The summed E-state index contributed by atoms with van der Waals surface area (Å²) in [4.78, 5) is 54.6. The van der Waals surface area contributed by atoms with Crippen LogP contribution in [0.15, 0.2) is 48.3 Å². The number of rotatable bonds is 9. The van der Waals surface area contributed by atoms with Crippen LogP contribution in [0.3, 0.4) is 0 Å². The topological polar surface area (TPSA) is 182 Å². The van der Waals surface area contributed by atoms with Crippen LogP contribution >= 0.6 is 23.4 Å². The summed E-state index contributed by atoms with van der Waals surface area (Å²) in [5, 5.41) is 0.782. The zero-order chi connectivity index (χ0) is 33.1. The summed E-state index contributed by atoms with van der Waals surface area (Å²) in [7, 11) is 4.46. The Morgan fingerprint density at radius 3 is 2.19 bits per heavy atom. The van der Waals surface area contributed by atoms with Crippen molar-refractivity contribution in [2.75, 3.05) is 27.6 Å². The summed E-state index contributed by atoms with van der Waals surface area (Å²) in [6, 6.07) is 3.32. The van der Waals surface area contributed by atoms with Crippen LogP contribution in [0, 0.1) is 13.8 Å². The predicted octanol–water partition coefficient (Wildman–Crippen LogP) is 4.78. The first-order valence-electron chi connectivity index (χ1n) is 13.8. The van der Waals surface area contributed by atoms with Crippen LogP contribution in [-0.4, -0.2) is 87.4 Å². The molecule has 0 N–H and O–H groups in total. The molecule has 15 nitrogen and oxygen atoms in total. The number of aromatic nitrogens is 12. The fraction of sp³-hybridized carbons (Fsp3) is 0.200. The summed E-state index contributed by atoms with van der Waals surface area (Å²) < 4.78 is 16.3. The molecule has 6 rings (SSSR count). The minimum atomic E-state index is 0.0852. The van der Waals surface area contributed by atoms with E-state index in [0.717, 1.165) is 5.69 Å². The number of halogens is 1. The van der Waals surface area contributed by atoms with Crippen LogP contribution < -0.4 is 14.2 Å². The highest BCUT2D eigenvalue weighted by atomic mass is 35.5. The van der Waals surface area contributed by atoms with E-state index >= 15 is 0 Å². The molecule has 6 aromatic rings. The van der Waals surface area contributed by atoms with Crippen molar-refractivity contribution >= 4 is 23.4 Å². The van der Waals surface area contributed by atoms with Crippen molar-refractivity contribution in [3.05, 3.63) is 59.7 Å². The SMILES string of the molecule is COc1cc(-c2ncc(-c3nc(C)c(-c4cc(Cl)nc(SC)n4)c(OC)n3)c(-c3cncc(-c4cnc(C)cn4)n3)n2)nc(OC)n1. The van der Waals surface area contributed by atoms with E-state index in [-0.39, 0.29) is 34.6 Å². The van der Waals surface area contributed by atoms with Crippen LogP contribution in [-0.2, 0) is 0 Å². The normalized spacial score (nSPS) is 11.0. The van der Waals surface area contributed by atoms with Gasteiger partial charge in [-0.25, -0.2) is 29.9 Å². The summed E-state index contributed by atoms with van der Waals surface area (Å²) in [5.74, 6) is 1.06. The molecule has 0 bridgehead atoms. The minimum Gasteiger partial charge on any atom is -0.481 e. The number of ether oxygens (including phenoxy) is 3. The molecule has 0 unspecified atom stereocenters. The molecule has 0 amide bonds.